The largest absolute Gasteiger partial charge is 0.368 e. The number of rotatable bonds is 3. The van der Waals surface area contributed by atoms with Crippen LogP contribution in [-0.4, -0.2) is 22.2 Å². The average molecular weight is 202 g/mol. The summed E-state index contributed by atoms with van der Waals surface area (Å²) in [6, 6.07) is 1.63. The highest BCUT2D eigenvalue weighted by molar-refractivity contribution is 5.43. The predicted octanol–water partition coefficient (Wildman–Crippen LogP) is 1.78. The molecule has 0 bridgehead atoms. The number of anilines is 1. The monoisotopic (exact) mass is 202 g/mol. The molecule has 0 radical (unpaired) electrons. The Labute approximate surface area is 80.8 Å². The lowest BCUT2D eigenvalue weighted by atomic mass is 10.2. The predicted molar refractivity (Wildman–Crippen MR) is 49.2 cm³/mol. The van der Waals surface area contributed by atoms with E-state index < -0.39 is 12.2 Å². The molecule has 0 spiro atoms. The van der Waals surface area contributed by atoms with Gasteiger partial charge in [0.2, 0.25) is 0 Å². The highest BCUT2D eigenvalue weighted by Crippen LogP contribution is 2.19. The van der Waals surface area contributed by atoms with Crippen molar-refractivity contribution in [3.8, 4) is 0 Å². The Hall–Kier alpha value is -1.23. The first-order chi connectivity index (χ1) is 6.39. The van der Waals surface area contributed by atoms with Crippen molar-refractivity contribution >= 4 is 5.69 Å². The topological polar surface area (TPSA) is 45.2 Å². The summed E-state index contributed by atoms with van der Waals surface area (Å²) in [5.41, 5.74) is 1.21. The minimum Gasteiger partial charge on any atom is -0.368 e. The van der Waals surface area contributed by atoms with E-state index in [4.69, 9.17) is 5.11 Å². The summed E-state index contributed by atoms with van der Waals surface area (Å²) < 4.78 is 25.1. The van der Waals surface area contributed by atoms with Crippen LogP contribution in [0.1, 0.15) is 12.5 Å². The Morgan fingerprint density at radius 3 is 2.64 bits per heavy atom. The molecule has 2 N–H and O–H groups in total. The normalized spacial score (nSPS) is 13.8. The van der Waals surface area contributed by atoms with Gasteiger partial charge in [0.1, 0.15) is 0 Å². The first-order valence-corrected chi connectivity index (χ1v) is 4.13. The number of pyridine rings is 1. The van der Waals surface area contributed by atoms with Crippen molar-refractivity contribution in [1.82, 2.24) is 4.98 Å². The summed E-state index contributed by atoms with van der Waals surface area (Å²) in [6.45, 7) is 2.43. The van der Waals surface area contributed by atoms with Gasteiger partial charge in [-0.3, -0.25) is 4.98 Å². The summed E-state index contributed by atoms with van der Waals surface area (Å²) in [4.78, 5) is 3.80. The molecule has 1 aromatic rings. The fourth-order valence-electron chi connectivity index (χ4n) is 0.918. The molecule has 78 valence electrons. The standard InChI is InChI=1S/C9H12F2N2O/c1-6-3-7(5-12-4-6)13-8(14)9(2,10)11/h3-5,8,13-14H,1-2H3. The lowest BCUT2D eigenvalue weighted by Gasteiger charge is -2.20. The van der Waals surface area contributed by atoms with Gasteiger partial charge in [0.15, 0.2) is 6.23 Å². The van der Waals surface area contributed by atoms with Gasteiger partial charge in [0, 0.05) is 13.1 Å². The van der Waals surface area contributed by atoms with Gasteiger partial charge in [-0.15, -0.1) is 0 Å². The molecule has 0 aliphatic heterocycles. The second kappa shape index (κ2) is 3.88. The SMILES string of the molecule is Cc1cncc(NC(O)C(C)(F)F)c1. The van der Waals surface area contributed by atoms with Crippen LogP contribution in [-0.2, 0) is 0 Å². The van der Waals surface area contributed by atoms with Gasteiger partial charge < -0.3 is 10.4 Å². The van der Waals surface area contributed by atoms with Crippen LogP contribution in [0.3, 0.4) is 0 Å². The second-order valence-corrected chi connectivity index (χ2v) is 3.25. The van der Waals surface area contributed by atoms with Crippen molar-refractivity contribution in [1.29, 1.82) is 0 Å². The Kier molecular flexibility index (Phi) is 3.00. The number of halogens is 2. The van der Waals surface area contributed by atoms with E-state index >= 15 is 0 Å². The van der Waals surface area contributed by atoms with E-state index in [1.807, 2.05) is 0 Å². The van der Waals surface area contributed by atoms with Gasteiger partial charge in [-0.05, 0) is 18.6 Å². The van der Waals surface area contributed by atoms with Crippen molar-refractivity contribution in [2.75, 3.05) is 5.32 Å². The third kappa shape index (κ3) is 2.92. The first kappa shape index (κ1) is 10.8. The lowest BCUT2D eigenvalue weighted by Crippen LogP contribution is -2.36. The van der Waals surface area contributed by atoms with Crippen molar-refractivity contribution < 1.29 is 13.9 Å². The number of alkyl halides is 2. The quantitative estimate of drug-likeness (QED) is 0.734. The van der Waals surface area contributed by atoms with Gasteiger partial charge in [0.25, 0.3) is 5.92 Å². The molecule has 0 aliphatic rings. The van der Waals surface area contributed by atoms with Crippen LogP contribution in [0, 0.1) is 6.92 Å². The number of aliphatic hydroxyl groups is 1. The van der Waals surface area contributed by atoms with Crippen LogP contribution in [0.2, 0.25) is 0 Å². The summed E-state index contributed by atoms with van der Waals surface area (Å²) >= 11 is 0. The van der Waals surface area contributed by atoms with Crippen LogP contribution < -0.4 is 5.32 Å². The highest BCUT2D eigenvalue weighted by Gasteiger charge is 2.32. The second-order valence-electron chi connectivity index (χ2n) is 3.25. The molecule has 1 rings (SSSR count). The summed E-state index contributed by atoms with van der Waals surface area (Å²) in [5.74, 6) is -3.18. The molecular weight excluding hydrogens is 190 g/mol. The highest BCUT2D eigenvalue weighted by atomic mass is 19.3. The number of aromatic nitrogens is 1. The molecule has 1 aromatic heterocycles. The molecule has 0 aromatic carbocycles. The fourth-order valence-corrected chi connectivity index (χ4v) is 0.918. The zero-order chi connectivity index (χ0) is 10.8. The third-order valence-corrected chi connectivity index (χ3v) is 1.66. The van der Waals surface area contributed by atoms with E-state index in [1.54, 1.807) is 19.2 Å². The molecule has 0 saturated carbocycles. The number of hydrogen-bond acceptors (Lipinski definition) is 3. The van der Waals surface area contributed by atoms with E-state index in [0.717, 1.165) is 5.56 Å². The van der Waals surface area contributed by atoms with E-state index in [1.165, 1.54) is 6.20 Å². The Morgan fingerprint density at radius 1 is 1.50 bits per heavy atom. The van der Waals surface area contributed by atoms with Crippen LogP contribution in [0.4, 0.5) is 14.5 Å². The van der Waals surface area contributed by atoms with Gasteiger partial charge >= 0.3 is 0 Å². The smallest absolute Gasteiger partial charge is 0.288 e. The van der Waals surface area contributed by atoms with Crippen LogP contribution in [0.5, 0.6) is 0 Å². The van der Waals surface area contributed by atoms with Gasteiger partial charge in [-0.2, -0.15) is 0 Å². The molecule has 3 nitrogen and oxygen atoms in total. The summed E-state index contributed by atoms with van der Waals surface area (Å²) in [5, 5.41) is 11.3. The third-order valence-electron chi connectivity index (χ3n) is 1.66. The Balaban J connectivity index is 2.70. The zero-order valence-electron chi connectivity index (χ0n) is 7.96. The molecule has 1 heterocycles. The fraction of sp³-hybridized carbons (Fsp3) is 0.444. The number of aliphatic hydroxyl groups excluding tert-OH is 1. The molecule has 0 aliphatic carbocycles. The molecule has 1 unspecified atom stereocenters. The van der Waals surface area contributed by atoms with Crippen molar-refractivity contribution in [3.05, 3.63) is 24.0 Å². The average Bonchev–Trinajstić information content (AvgIpc) is 2.02. The molecule has 5 heteroatoms. The first-order valence-electron chi connectivity index (χ1n) is 4.13. The van der Waals surface area contributed by atoms with E-state index in [9.17, 15) is 8.78 Å². The van der Waals surface area contributed by atoms with Gasteiger partial charge in [0.05, 0.1) is 11.9 Å². The van der Waals surface area contributed by atoms with Gasteiger partial charge in [-0.1, -0.05) is 0 Å². The van der Waals surface area contributed by atoms with Gasteiger partial charge in [-0.25, -0.2) is 8.78 Å². The lowest BCUT2D eigenvalue weighted by molar-refractivity contribution is -0.0792. The molecule has 0 amide bonds. The van der Waals surface area contributed by atoms with E-state index in [0.29, 0.717) is 12.6 Å². The molecule has 0 saturated heterocycles. The summed E-state index contributed by atoms with van der Waals surface area (Å²) in [7, 11) is 0. The van der Waals surface area contributed by atoms with Crippen molar-refractivity contribution in [2.24, 2.45) is 0 Å². The maximum absolute atomic E-state index is 12.6. The number of nitrogens with zero attached hydrogens (tertiary/aromatic N) is 1. The Bertz CT molecular complexity index is 312. The van der Waals surface area contributed by atoms with Crippen molar-refractivity contribution in [3.63, 3.8) is 0 Å². The number of hydrogen-bond donors (Lipinski definition) is 2. The van der Waals surface area contributed by atoms with Crippen LogP contribution in [0.15, 0.2) is 18.5 Å². The number of aryl methyl sites for hydroxylation is 1. The maximum atomic E-state index is 12.6. The molecule has 1 atom stereocenters. The molecule has 0 fully saturated rings. The number of nitrogens with one attached hydrogen (secondary N) is 1. The van der Waals surface area contributed by atoms with Crippen molar-refractivity contribution in [2.45, 2.75) is 26.0 Å². The maximum Gasteiger partial charge on any atom is 0.288 e. The molecular formula is C9H12F2N2O. The molecule has 14 heavy (non-hydrogen) atoms. The minimum atomic E-state index is -3.18. The van der Waals surface area contributed by atoms with E-state index in [-0.39, 0.29) is 0 Å². The summed E-state index contributed by atoms with van der Waals surface area (Å²) in [6.07, 6.45) is 1.08. The van der Waals surface area contributed by atoms with Crippen LogP contribution >= 0.6 is 0 Å². The van der Waals surface area contributed by atoms with Crippen LogP contribution in [0.25, 0.3) is 0 Å². The zero-order valence-corrected chi connectivity index (χ0v) is 7.96. The minimum absolute atomic E-state index is 0.374. The van der Waals surface area contributed by atoms with E-state index in [2.05, 4.69) is 10.3 Å². The Morgan fingerprint density at radius 2 is 2.14 bits per heavy atom.